The number of nitrogens with one attached hydrogen (secondary N) is 1. The molecule has 1 aliphatic rings. The zero-order valence-corrected chi connectivity index (χ0v) is 7.08. The predicted octanol–water partition coefficient (Wildman–Crippen LogP) is 1.44. The van der Waals surface area contributed by atoms with E-state index in [2.05, 4.69) is 0 Å². The molecule has 0 bridgehead atoms. The second-order valence-corrected chi connectivity index (χ2v) is 2.90. The number of allylic oxidation sites excluding steroid dienone is 1. The monoisotopic (exact) mass is 174 g/mol. The van der Waals surface area contributed by atoms with Crippen LogP contribution in [0.15, 0.2) is 36.1 Å². The normalized spacial score (nSPS) is 14.0. The molecule has 0 amide bonds. The van der Waals surface area contributed by atoms with Crippen LogP contribution in [0.1, 0.15) is 5.56 Å². The molecule has 13 heavy (non-hydrogen) atoms. The molecule has 0 aromatic heterocycles. The van der Waals surface area contributed by atoms with Crippen LogP contribution < -0.4 is 10.5 Å². The van der Waals surface area contributed by atoms with Crippen molar-refractivity contribution in [1.82, 2.24) is 0 Å². The van der Waals surface area contributed by atoms with Crippen LogP contribution in [0.3, 0.4) is 0 Å². The van der Waals surface area contributed by atoms with Gasteiger partial charge in [-0.2, -0.15) is 0 Å². The van der Waals surface area contributed by atoms with E-state index in [1.54, 1.807) is 0 Å². The summed E-state index contributed by atoms with van der Waals surface area (Å²) >= 11 is 0. The molecule has 2 rings (SSSR count). The molecule has 3 N–H and O–H groups in total. The van der Waals surface area contributed by atoms with Crippen LogP contribution in [-0.2, 0) is 6.42 Å². The molecule has 1 heterocycles. The fraction of sp³-hybridized carbons (Fsp3) is 0.100. The fourth-order valence-corrected chi connectivity index (χ4v) is 1.30. The summed E-state index contributed by atoms with van der Waals surface area (Å²) in [7, 11) is 0. The number of amidine groups is 1. The Morgan fingerprint density at radius 3 is 2.92 bits per heavy atom. The van der Waals surface area contributed by atoms with E-state index in [0.29, 0.717) is 5.76 Å². The van der Waals surface area contributed by atoms with Crippen molar-refractivity contribution in [2.75, 3.05) is 0 Å². The van der Waals surface area contributed by atoms with Gasteiger partial charge in [-0.05, 0) is 24.1 Å². The molecule has 0 unspecified atom stereocenters. The number of para-hydroxylation sites is 1. The molecule has 0 radical (unpaired) electrons. The highest BCUT2D eigenvalue weighted by atomic mass is 16.5. The van der Waals surface area contributed by atoms with Gasteiger partial charge in [-0.15, -0.1) is 0 Å². The summed E-state index contributed by atoms with van der Waals surface area (Å²) in [5.41, 5.74) is 6.45. The van der Waals surface area contributed by atoms with Gasteiger partial charge in [0.2, 0.25) is 0 Å². The average molecular weight is 174 g/mol. The first kappa shape index (κ1) is 7.86. The van der Waals surface area contributed by atoms with Gasteiger partial charge in [0, 0.05) is 0 Å². The van der Waals surface area contributed by atoms with Gasteiger partial charge in [-0.3, -0.25) is 5.41 Å². The van der Waals surface area contributed by atoms with Gasteiger partial charge in [0.1, 0.15) is 5.75 Å². The number of hydrogen-bond acceptors (Lipinski definition) is 2. The summed E-state index contributed by atoms with van der Waals surface area (Å²) < 4.78 is 5.40. The van der Waals surface area contributed by atoms with E-state index in [0.717, 1.165) is 17.7 Å². The van der Waals surface area contributed by atoms with Gasteiger partial charge in [0.15, 0.2) is 11.6 Å². The van der Waals surface area contributed by atoms with Crippen LogP contribution >= 0.6 is 0 Å². The van der Waals surface area contributed by atoms with Crippen molar-refractivity contribution in [2.24, 2.45) is 5.73 Å². The quantitative estimate of drug-likeness (QED) is 0.500. The predicted molar refractivity (Wildman–Crippen MR) is 50.8 cm³/mol. The molecule has 0 spiro atoms. The first-order chi connectivity index (χ1) is 6.27. The highest BCUT2D eigenvalue weighted by Crippen LogP contribution is 2.25. The molecule has 0 saturated heterocycles. The molecule has 1 aliphatic heterocycles. The second kappa shape index (κ2) is 2.94. The van der Waals surface area contributed by atoms with Crippen LogP contribution in [-0.4, -0.2) is 5.84 Å². The second-order valence-electron chi connectivity index (χ2n) is 2.90. The maximum Gasteiger partial charge on any atom is 0.165 e. The first-order valence-electron chi connectivity index (χ1n) is 4.07. The van der Waals surface area contributed by atoms with Crippen LogP contribution in [0.25, 0.3) is 0 Å². The van der Waals surface area contributed by atoms with Crippen LogP contribution in [0.5, 0.6) is 5.75 Å². The van der Waals surface area contributed by atoms with Gasteiger partial charge in [-0.25, -0.2) is 0 Å². The minimum absolute atomic E-state index is 0.0190. The molecule has 3 nitrogen and oxygen atoms in total. The summed E-state index contributed by atoms with van der Waals surface area (Å²) in [5.74, 6) is 1.24. The molecular weight excluding hydrogens is 164 g/mol. The zero-order valence-electron chi connectivity index (χ0n) is 7.08. The van der Waals surface area contributed by atoms with Gasteiger partial charge >= 0.3 is 0 Å². The summed E-state index contributed by atoms with van der Waals surface area (Å²) in [4.78, 5) is 0. The molecule has 0 saturated carbocycles. The molecule has 66 valence electrons. The van der Waals surface area contributed by atoms with E-state index >= 15 is 0 Å². The summed E-state index contributed by atoms with van der Waals surface area (Å²) in [5, 5.41) is 7.21. The van der Waals surface area contributed by atoms with Gasteiger partial charge in [0.25, 0.3) is 0 Å². The Bertz CT molecular complexity index is 382. The Morgan fingerprint density at radius 2 is 2.15 bits per heavy atom. The number of benzene rings is 1. The maximum atomic E-state index is 7.21. The smallest absolute Gasteiger partial charge is 0.165 e. The van der Waals surface area contributed by atoms with Crippen LogP contribution in [0.2, 0.25) is 0 Å². The van der Waals surface area contributed by atoms with Crippen molar-refractivity contribution >= 4 is 5.84 Å². The minimum atomic E-state index is -0.0190. The first-order valence-corrected chi connectivity index (χ1v) is 4.07. The largest absolute Gasteiger partial charge is 0.454 e. The SMILES string of the molecule is N=C(N)C1=CCc2ccccc2O1. The number of hydrogen-bond donors (Lipinski definition) is 2. The lowest BCUT2D eigenvalue weighted by Gasteiger charge is -2.16. The van der Waals surface area contributed by atoms with E-state index in [1.807, 2.05) is 30.3 Å². The summed E-state index contributed by atoms with van der Waals surface area (Å²) in [6.07, 6.45) is 2.61. The van der Waals surface area contributed by atoms with Crippen molar-refractivity contribution in [3.05, 3.63) is 41.7 Å². The van der Waals surface area contributed by atoms with Crippen LogP contribution in [0, 0.1) is 5.41 Å². The third-order valence-electron chi connectivity index (χ3n) is 1.97. The van der Waals surface area contributed by atoms with Crippen molar-refractivity contribution in [2.45, 2.75) is 6.42 Å². The Hall–Kier alpha value is -1.77. The number of rotatable bonds is 1. The highest BCUT2D eigenvalue weighted by molar-refractivity contribution is 5.93. The minimum Gasteiger partial charge on any atom is -0.454 e. The van der Waals surface area contributed by atoms with Crippen molar-refractivity contribution in [3.63, 3.8) is 0 Å². The van der Waals surface area contributed by atoms with Gasteiger partial charge < -0.3 is 10.5 Å². The Kier molecular flexibility index (Phi) is 1.77. The number of fused-ring (bicyclic) bond motifs is 1. The van der Waals surface area contributed by atoms with Crippen molar-refractivity contribution < 1.29 is 4.74 Å². The topological polar surface area (TPSA) is 59.1 Å². The molecule has 0 fully saturated rings. The zero-order chi connectivity index (χ0) is 9.26. The summed E-state index contributed by atoms with van der Waals surface area (Å²) in [6, 6.07) is 7.75. The van der Waals surface area contributed by atoms with Gasteiger partial charge in [0.05, 0.1) is 0 Å². The Labute approximate surface area is 76.3 Å². The Balaban J connectivity index is 2.33. The van der Waals surface area contributed by atoms with E-state index in [4.69, 9.17) is 15.9 Å². The standard InChI is InChI=1S/C10H10N2O/c11-10(12)9-6-5-7-3-1-2-4-8(7)13-9/h1-4,6H,5H2,(H3,11,12). The average Bonchev–Trinajstić information content (AvgIpc) is 2.17. The van der Waals surface area contributed by atoms with Crippen LogP contribution in [0.4, 0.5) is 0 Å². The number of ether oxygens (including phenoxy) is 1. The third-order valence-corrected chi connectivity index (χ3v) is 1.97. The molecule has 3 heteroatoms. The van der Waals surface area contributed by atoms with Gasteiger partial charge in [-0.1, -0.05) is 18.2 Å². The van der Waals surface area contributed by atoms with E-state index in [1.165, 1.54) is 0 Å². The Morgan fingerprint density at radius 1 is 1.38 bits per heavy atom. The van der Waals surface area contributed by atoms with E-state index in [-0.39, 0.29) is 5.84 Å². The lowest BCUT2D eigenvalue weighted by Crippen LogP contribution is -2.20. The van der Waals surface area contributed by atoms with Crippen molar-refractivity contribution in [1.29, 1.82) is 5.41 Å². The lowest BCUT2D eigenvalue weighted by molar-refractivity contribution is 0.436. The summed E-state index contributed by atoms with van der Waals surface area (Å²) in [6.45, 7) is 0. The third kappa shape index (κ3) is 1.40. The maximum absolute atomic E-state index is 7.21. The highest BCUT2D eigenvalue weighted by Gasteiger charge is 2.12. The molecule has 0 atom stereocenters. The molecule has 1 aromatic carbocycles. The number of nitrogens with two attached hydrogens (primary N) is 1. The van der Waals surface area contributed by atoms with E-state index in [9.17, 15) is 0 Å². The van der Waals surface area contributed by atoms with Crippen molar-refractivity contribution in [3.8, 4) is 5.75 Å². The lowest BCUT2D eigenvalue weighted by atomic mass is 10.1. The van der Waals surface area contributed by atoms with E-state index < -0.39 is 0 Å². The molecular formula is C10H10N2O. The molecule has 1 aromatic rings. The molecule has 0 aliphatic carbocycles. The fourth-order valence-electron chi connectivity index (χ4n) is 1.30.